The van der Waals surface area contributed by atoms with E-state index in [0.717, 1.165) is 0 Å². The highest BCUT2D eigenvalue weighted by Crippen LogP contribution is 2.22. The summed E-state index contributed by atoms with van der Waals surface area (Å²) in [4.78, 5) is 24.2. The van der Waals surface area contributed by atoms with E-state index in [1.807, 2.05) is 0 Å². The summed E-state index contributed by atoms with van der Waals surface area (Å²) in [5.41, 5.74) is 1.04. The summed E-state index contributed by atoms with van der Waals surface area (Å²) < 4.78 is 46.4. The highest BCUT2D eigenvalue weighted by atomic mass is 19.4. The second-order valence-corrected chi connectivity index (χ2v) is 5.89. The third-order valence-corrected chi connectivity index (χ3v) is 3.64. The van der Waals surface area contributed by atoms with Crippen molar-refractivity contribution in [2.45, 2.75) is 6.18 Å². The number of hydrogen-bond acceptors (Lipinski definition) is 4. The Hall–Kier alpha value is -3.75. The van der Waals surface area contributed by atoms with Crippen molar-refractivity contribution < 1.29 is 31.9 Å². The number of ether oxygens (including phenoxy) is 1. The topological polar surface area (TPSA) is 80.6 Å². The smallest absolute Gasteiger partial charge is 0.422 e. The lowest BCUT2D eigenvalue weighted by Crippen LogP contribution is -2.19. The predicted octanol–water partition coefficient (Wildman–Crippen LogP) is 4.73. The van der Waals surface area contributed by atoms with E-state index < -0.39 is 24.6 Å². The van der Waals surface area contributed by atoms with E-state index in [0.29, 0.717) is 11.3 Å². The molecule has 3 rings (SSSR count). The molecule has 0 aliphatic carbocycles. The standard InChI is InChI=1S/C20H15F3N2O4/c21-20(22,23)12-29-16-4-1-3-15(11-16)25-18(26)13-6-8-14(9-7-13)24-19(27)17-5-2-10-28-17/h1-11H,12H2,(H,24,27)(H,25,26). The van der Waals surface area contributed by atoms with E-state index in [9.17, 15) is 22.8 Å². The number of halogens is 3. The first-order valence-electron chi connectivity index (χ1n) is 8.36. The van der Waals surface area contributed by atoms with Gasteiger partial charge in [0.05, 0.1) is 6.26 Å². The van der Waals surface area contributed by atoms with Crippen LogP contribution < -0.4 is 15.4 Å². The average molecular weight is 404 g/mol. The molecule has 0 bridgehead atoms. The molecule has 0 aliphatic rings. The normalized spacial score (nSPS) is 11.0. The summed E-state index contributed by atoms with van der Waals surface area (Å²) in [6.07, 6.45) is -3.07. The van der Waals surface area contributed by atoms with Crippen molar-refractivity contribution in [1.29, 1.82) is 0 Å². The Bertz CT molecular complexity index is 984. The number of carbonyl (C=O) groups excluding carboxylic acids is 2. The molecule has 1 aromatic heterocycles. The van der Waals surface area contributed by atoms with E-state index in [4.69, 9.17) is 4.42 Å². The quantitative estimate of drug-likeness (QED) is 0.623. The maximum absolute atomic E-state index is 12.3. The molecule has 0 unspecified atom stereocenters. The van der Waals surface area contributed by atoms with E-state index in [-0.39, 0.29) is 17.2 Å². The molecule has 0 atom stereocenters. The Morgan fingerprint density at radius 3 is 2.28 bits per heavy atom. The van der Waals surface area contributed by atoms with Gasteiger partial charge in [0.15, 0.2) is 12.4 Å². The van der Waals surface area contributed by atoms with Gasteiger partial charge in [-0.3, -0.25) is 9.59 Å². The summed E-state index contributed by atoms with van der Waals surface area (Å²) in [6, 6.07) is 14.8. The van der Waals surface area contributed by atoms with Crippen LogP contribution in [0, 0.1) is 0 Å². The highest BCUT2D eigenvalue weighted by molar-refractivity contribution is 6.05. The van der Waals surface area contributed by atoms with E-state index in [1.165, 1.54) is 48.7 Å². The van der Waals surface area contributed by atoms with Gasteiger partial charge in [-0.05, 0) is 48.5 Å². The summed E-state index contributed by atoms with van der Waals surface area (Å²) in [5, 5.41) is 5.20. The fourth-order valence-electron chi connectivity index (χ4n) is 2.34. The minimum absolute atomic E-state index is 0.0175. The second-order valence-electron chi connectivity index (χ2n) is 5.89. The van der Waals surface area contributed by atoms with Gasteiger partial charge in [0.25, 0.3) is 11.8 Å². The van der Waals surface area contributed by atoms with Crippen LogP contribution in [0.1, 0.15) is 20.9 Å². The largest absolute Gasteiger partial charge is 0.484 e. The number of rotatable bonds is 6. The van der Waals surface area contributed by atoms with Gasteiger partial charge in [0, 0.05) is 23.0 Å². The molecule has 2 aromatic carbocycles. The van der Waals surface area contributed by atoms with Crippen LogP contribution in [0.25, 0.3) is 0 Å². The first kappa shape index (κ1) is 20.0. The molecule has 150 valence electrons. The van der Waals surface area contributed by atoms with Crippen LogP contribution in [0.4, 0.5) is 24.5 Å². The fraction of sp³-hybridized carbons (Fsp3) is 0.100. The average Bonchev–Trinajstić information content (AvgIpc) is 3.22. The lowest BCUT2D eigenvalue weighted by molar-refractivity contribution is -0.153. The highest BCUT2D eigenvalue weighted by Gasteiger charge is 2.28. The SMILES string of the molecule is O=C(Nc1cccc(OCC(F)(F)F)c1)c1ccc(NC(=O)c2ccco2)cc1. The van der Waals surface area contributed by atoms with Crippen LogP contribution in [0.5, 0.6) is 5.75 Å². The van der Waals surface area contributed by atoms with Gasteiger partial charge in [-0.15, -0.1) is 0 Å². The lowest BCUT2D eigenvalue weighted by Gasteiger charge is -2.11. The number of carbonyl (C=O) groups is 2. The molecule has 0 fully saturated rings. The third kappa shape index (κ3) is 5.86. The Balaban J connectivity index is 1.60. The summed E-state index contributed by atoms with van der Waals surface area (Å²) in [6.45, 7) is -1.42. The predicted molar refractivity (Wildman–Crippen MR) is 99.0 cm³/mol. The number of alkyl halides is 3. The maximum Gasteiger partial charge on any atom is 0.422 e. The summed E-state index contributed by atoms with van der Waals surface area (Å²) >= 11 is 0. The number of hydrogen-bond donors (Lipinski definition) is 2. The first-order chi connectivity index (χ1) is 13.8. The van der Waals surface area contributed by atoms with Crippen LogP contribution in [-0.4, -0.2) is 24.6 Å². The summed E-state index contributed by atoms with van der Waals surface area (Å²) in [5.74, 6) is -0.764. The van der Waals surface area contributed by atoms with Crippen molar-refractivity contribution in [3.63, 3.8) is 0 Å². The zero-order valence-corrected chi connectivity index (χ0v) is 14.8. The molecular weight excluding hydrogens is 389 g/mol. The minimum atomic E-state index is -4.45. The number of nitrogens with one attached hydrogen (secondary N) is 2. The van der Waals surface area contributed by atoms with Gasteiger partial charge in [0.2, 0.25) is 0 Å². The molecule has 0 saturated heterocycles. The van der Waals surface area contributed by atoms with Gasteiger partial charge in [-0.1, -0.05) is 6.07 Å². The van der Waals surface area contributed by atoms with Crippen molar-refractivity contribution in [1.82, 2.24) is 0 Å². The van der Waals surface area contributed by atoms with Crippen molar-refractivity contribution >= 4 is 23.2 Å². The van der Waals surface area contributed by atoms with Crippen LogP contribution in [-0.2, 0) is 0 Å². The molecule has 6 nitrogen and oxygen atoms in total. The molecular formula is C20H15F3N2O4. The molecule has 1 heterocycles. The van der Waals surface area contributed by atoms with Crippen molar-refractivity contribution in [2.75, 3.05) is 17.2 Å². The molecule has 29 heavy (non-hydrogen) atoms. The Morgan fingerprint density at radius 1 is 0.897 bits per heavy atom. The van der Waals surface area contributed by atoms with Crippen molar-refractivity contribution in [2.24, 2.45) is 0 Å². The molecule has 0 radical (unpaired) electrons. The van der Waals surface area contributed by atoms with Crippen LogP contribution >= 0.6 is 0 Å². The van der Waals surface area contributed by atoms with Gasteiger partial charge in [0.1, 0.15) is 5.75 Å². The van der Waals surface area contributed by atoms with Gasteiger partial charge < -0.3 is 19.8 Å². The molecule has 9 heteroatoms. The van der Waals surface area contributed by atoms with Crippen LogP contribution in [0.2, 0.25) is 0 Å². The number of benzene rings is 2. The Morgan fingerprint density at radius 2 is 1.62 bits per heavy atom. The fourth-order valence-corrected chi connectivity index (χ4v) is 2.34. The number of furan rings is 1. The third-order valence-electron chi connectivity index (χ3n) is 3.64. The van der Waals surface area contributed by atoms with Crippen LogP contribution in [0.15, 0.2) is 71.3 Å². The zero-order valence-electron chi connectivity index (χ0n) is 14.8. The lowest BCUT2D eigenvalue weighted by atomic mass is 10.2. The Kier molecular flexibility index (Phi) is 5.87. The molecule has 0 saturated carbocycles. The molecule has 2 N–H and O–H groups in total. The van der Waals surface area contributed by atoms with E-state index in [1.54, 1.807) is 18.2 Å². The Labute approximate surface area is 163 Å². The van der Waals surface area contributed by atoms with Gasteiger partial charge in [-0.2, -0.15) is 13.2 Å². The van der Waals surface area contributed by atoms with Gasteiger partial charge in [-0.25, -0.2) is 0 Å². The molecule has 0 spiro atoms. The van der Waals surface area contributed by atoms with E-state index in [2.05, 4.69) is 15.4 Å². The van der Waals surface area contributed by atoms with Crippen molar-refractivity contribution in [3.05, 3.63) is 78.3 Å². The summed E-state index contributed by atoms with van der Waals surface area (Å²) in [7, 11) is 0. The molecule has 0 aliphatic heterocycles. The number of amides is 2. The van der Waals surface area contributed by atoms with Crippen molar-refractivity contribution in [3.8, 4) is 5.75 Å². The molecule has 3 aromatic rings. The van der Waals surface area contributed by atoms with E-state index >= 15 is 0 Å². The minimum Gasteiger partial charge on any atom is -0.484 e. The molecule has 2 amide bonds. The number of anilines is 2. The monoisotopic (exact) mass is 404 g/mol. The van der Waals surface area contributed by atoms with Gasteiger partial charge >= 0.3 is 6.18 Å². The zero-order chi connectivity index (χ0) is 20.9. The second kappa shape index (κ2) is 8.51. The maximum atomic E-state index is 12.3. The van der Waals surface area contributed by atoms with Crippen LogP contribution in [0.3, 0.4) is 0 Å². The first-order valence-corrected chi connectivity index (χ1v) is 8.36.